The highest BCUT2D eigenvalue weighted by Crippen LogP contribution is 2.31. The quantitative estimate of drug-likeness (QED) is 0.409. The van der Waals surface area contributed by atoms with Crippen LogP contribution in [-0.4, -0.2) is 30.0 Å². The van der Waals surface area contributed by atoms with E-state index >= 15 is 0 Å². The number of nitrogens with zero attached hydrogens (tertiary/aromatic N) is 5. The molecule has 1 N–H and O–H groups in total. The minimum absolute atomic E-state index is 0.270. The fraction of sp³-hybridized carbons (Fsp3) is 0.217. The van der Waals surface area contributed by atoms with E-state index in [0.717, 1.165) is 17.0 Å². The number of thiazole rings is 1. The second kappa shape index (κ2) is 8.88. The van der Waals surface area contributed by atoms with Gasteiger partial charge in [-0.25, -0.2) is 15.0 Å². The zero-order valence-electron chi connectivity index (χ0n) is 17.2. The molecule has 32 heavy (non-hydrogen) atoms. The van der Waals surface area contributed by atoms with Crippen molar-refractivity contribution in [2.24, 2.45) is 0 Å². The first-order valence-corrected chi connectivity index (χ1v) is 11.3. The Morgan fingerprint density at radius 3 is 2.94 bits per heavy atom. The Hall–Kier alpha value is -3.59. The number of nitrogens with one attached hydrogen (secondary N) is 1. The number of aromatic nitrogens is 5. The van der Waals surface area contributed by atoms with Crippen molar-refractivity contribution in [3.8, 4) is 0 Å². The molecule has 0 bridgehead atoms. The van der Waals surface area contributed by atoms with Crippen LogP contribution in [0.4, 0.5) is 9.52 Å². The standard InChI is InChI=1S/C23H21FN6OS/c24-21-11-16(8-9-25-21)12-29-10-2-5-20(29)22(31)28-23-27-18(14-32-23)7-6-17-13-30(15-26-17)19-3-1-4-19/h2,5-11,13-15,19H,1,3-4,12H2,(H,27,28,31). The summed E-state index contributed by atoms with van der Waals surface area (Å²) >= 11 is 1.36. The zero-order chi connectivity index (χ0) is 21.9. The number of halogens is 1. The number of pyridine rings is 1. The summed E-state index contributed by atoms with van der Waals surface area (Å²) < 4.78 is 17.3. The van der Waals surface area contributed by atoms with Crippen molar-refractivity contribution in [3.05, 3.63) is 83.2 Å². The Kier molecular flexibility index (Phi) is 5.64. The topological polar surface area (TPSA) is 77.6 Å². The van der Waals surface area contributed by atoms with Crippen LogP contribution in [-0.2, 0) is 6.54 Å². The van der Waals surface area contributed by atoms with E-state index in [1.165, 1.54) is 42.9 Å². The Bertz CT molecular complexity index is 1270. The van der Waals surface area contributed by atoms with Crippen molar-refractivity contribution >= 4 is 34.5 Å². The number of hydrogen-bond acceptors (Lipinski definition) is 5. The molecule has 5 rings (SSSR count). The molecule has 0 spiro atoms. The van der Waals surface area contributed by atoms with E-state index in [1.54, 1.807) is 29.0 Å². The van der Waals surface area contributed by atoms with Gasteiger partial charge in [0.15, 0.2) is 5.13 Å². The second-order valence-electron chi connectivity index (χ2n) is 7.70. The predicted octanol–water partition coefficient (Wildman–Crippen LogP) is 4.87. The molecular formula is C23H21FN6OS. The summed E-state index contributed by atoms with van der Waals surface area (Å²) in [7, 11) is 0. The number of anilines is 1. The Labute approximate surface area is 188 Å². The monoisotopic (exact) mass is 448 g/mol. The van der Waals surface area contributed by atoms with E-state index < -0.39 is 5.95 Å². The molecule has 0 aliphatic heterocycles. The van der Waals surface area contributed by atoms with Crippen LogP contribution in [0.5, 0.6) is 0 Å². The van der Waals surface area contributed by atoms with Crippen molar-refractivity contribution in [1.82, 2.24) is 24.1 Å². The van der Waals surface area contributed by atoms with Crippen molar-refractivity contribution in [3.63, 3.8) is 0 Å². The summed E-state index contributed by atoms with van der Waals surface area (Å²) in [6, 6.07) is 7.17. The fourth-order valence-electron chi connectivity index (χ4n) is 3.57. The molecule has 1 fully saturated rings. The third-order valence-corrected chi connectivity index (χ3v) is 6.27. The van der Waals surface area contributed by atoms with E-state index in [2.05, 4.69) is 31.0 Å². The number of amides is 1. The summed E-state index contributed by atoms with van der Waals surface area (Å²) in [6.07, 6.45) is 14.7. The minimum atomic E-state index is -0.543. The summed E-state index contributed by atoms with van der Waals surface area (Å²) in [5, 5.41) is 5.24. The molecule has 0 saturated heterocycles. The Balaban J connectivity index is 1.22. The molecular weight excluding hydrogens is 427 g/mol. The van der Waals surface area contributed by atoms with Crippen LogP contribution in [0.15, 0.2) is 54.6 Å². The van der Waals surface area contributed by atoms with Gasteiger partial charge < -0.3 is 9.13 Å². The maximum atomic E-state index is 13.4. The molecule has 0 aromatic carbocycles. The SMILES string of the molecule is O=C(Nc1nc(C=Cc2cn(C3CCC3)cn2)cs1)c1cccn1Cc1ccnc(F)c1. The lowest BCUT2D eigenvalue weighted by molar-refractivity contribution is 0.101. The fourth-order valence-corrected chi connectivity index (χ4v) is 4.24. The summed E-state index contributed by atoms with van der Waals surface area (Å²) in [5.41, 5.74) is 2.84. The van der Waals surface area contributed by atoms with Crippen LogP contribution >= 0.6 is 11.3 Å². The summed E-state index contributed by atoms with van der Waals surface area (Å²) in [6.45, 7) is 0.370. The lowest BCUT2D eigenvalue weighted by atomic mass is 9.93. The summed E-state index contributed by atoms with van der Waals surface area (Å²) in [4.78, 5) is 25.2. The highest BCUT2D eigenvalue weighted by atomic mass is 32.1. The molecule has 4 aromatic rings. The molecule has 162 valence electrons. The smallest absolute Gasteiger partial charge is 0.274 e. The van der Waals surface area contributed by atoms with Crippen LogP contribution in [0, 0.1) is 5.95 Å². The number of imidazole rings is 1. The van der Waals surface area contributed by atoms with Crippen molar-refractivity contribution in [2.75, 3.05) is 5.32 Å². The van der Waals surface area contributed by atoms with Crippen LogP contribution in [0.2, 0.25) is 0 Å². The first kappa shape index (κ1) is 20.3. The van der Waals surface area contributed by atoms with Crippen molar-refractivity contribution in [2.45, 2.75) is 31.8 Å². The minimum Gasteiger partial charge on any atom is -0.339 e. The van der Waals surface area contributed by atoms with E-state index in [9.17, 15) is 9.18 Å². The van der Waals surface area contributed by atoms with Crippen LogP contribution in [0.25, 0.3) is 12.2 Å². The maximum absolute atomic E-state index is 13.4. The normalized spacial score (nSPS) is 14.0. The molecule has 1 saturated carbocycles. The lowest BCUT2D eigenvalue weighted by Gasteiger charge is -2.26. The molecule has 0 atom stereocenters. The number of carbonyl (C=O) groups is 1. The van der Waals surface area contributed by atoms with Gasteiger partial charge >= 0.3 is 0 Å². The third kappa shape index (κ3) is 4.52. The molecule has 0 unspecified atom stereocenters. The lowest BCUT2D eigenvalue weighted by Crippen LogP contribution is -2.17. The van der Waals surface area contributed by atoms with Crippen molar-refractivity contribution < 1.29 is 9.18 Å². The van der Waals surface area contributed by atoms with E-state index in [1.807, 2.05) is 23.9 Å². The van der Waals surface area contributed by atoms with E-state index in [0.29, 0.717) is 23.4 Å². The van der Waals surface area contributed by atoms with Gasteiger partial charge in [-0.2, -0.15) is 4.39 Å². The average molecular weight is 449 g/mol. The van der Waals surface area contributed by atoms with Crippen molar-refractivity contribution in [1.29, 1.82) is 0 Å². The average Bonchev–Trinajstić information content (AvgIpc) is 3.47. The first-order valence-electron chi connectivity index (χ1n) is 10.4. The second-order valence-corrected chi connectivity index (χ2v) is 8.56. The van der Waals surface area contributed by atoms with Gasteiger partial charge in [-0.15, -0.1) is 11.3 Å². The molecule has 4 aromatic heterocycles. The first-order chi connectivity index (χ1) is 15.6. The largest absolute Gasteiger partial charge is 0.339 e. The Morgan fingerprint density at radius 2 is 2.12 bits per heavy atom. The molecule has 1 aliphatic carbocycles. The number of rotatable bonds is 7. The molecule has 0 radical (unpaired) electrons. The number of carbonyl (C=O) groups excluding carboxylic acids is 1. The number of hydrogen-bond donors (Lipinski definition) is 1. The summed E-state index contributed by atoms with van der Waals surface area (Å²) in [5.74, 6) is -0.813. The third-order valence-electron chi connectivity index (χ3n) is 5.49. The van der Waals surface area contributed by atoms with Crippen LogP contribution in [0.1, 0.15) is 52.7 Å². The predicted molar refractivity (Wildman–Crippen MR) is 122 cm³/mol. The van der Waals surface area contributed by atoms with Crippen LogP contribution < -0.4 is 5.32 Å². The van der Waals surface area contributed by atoms with E-state index in [4.69, 9.17) is 0 Å². The maximum Gasteiger partial charge on any atom is 0.274 e. The molecule has 9 heteroatoms. The van der Waals surface area contributed by atoms with Gasteiger partial charge in [-0.3, -0.25) is 10.1 Å². The molecule has 1 amide bonds. The van der Waals surface area contributed by atoms with Gasteiger partial charge in [-0.05, 0) is 61.2 Å². The molecule has 1 aliphatic rings. The van der Waals surface area contributed by atoms with Gasteiger partial charge in [-0.1, -0.05) is 0 Å². The van der Waals surface area contributed by atoms with Gasteiger partial charge in [0.2, 0.25) is 5.95 Å². The van der Waals surface area contributed by atoms with Gasteiger partial charge in [0.05, 0.1) is 17.7 Å². The highest BCUT2D eigenvalue weighted by Gasteiger charge is 2.19. The molecule has 7 nitrogen and oxygen atoms in total. The van der Waals surface area contributed by atoms with Gasteiger partial charge in [0, 0.05) is 36.6 Å². The Morgan fingerprint density at radius 1 is 1.25 bits per heavy atom. The van der Waals surface area contributed by atoms with E-state index in [-0.39, 0.29) is 5.91 Å². The zero-order valence-corrected chi connectivity index (χ0v) is 18.0. The van der Waals surface area contributed by atoms with Crippen LogP contribution in [0.3, 0.4) is 0 Å². The van der Waals surface area contributed by atoms with Gasteiger partial charge in [0.25, 0.3) is 5.91 Å². The highest BCUT2D eigenvalue weighted by molar-refractivity contribution is 7.14. The van der Waals surface area contributed by atoms with Gasteiger partial charge in [0.1, 0.15) is 5.69 Å². The molecule has 4 heterocycles.